The number of para-hydroxylation sites is 6. The molecule has 24 aromatic rings. The number of rotatable bonds is 5. The predicted octanol–water partition coefficient (Wildman–Crippen LogP) is 27.0. The summed E-state index contributed by atoms with van der Waals surface area (Å²) < 4.78 is 43.4. The van der Waals surface area contributed by atoms with Crippen LogP contribution in [0.25, 0.3) is 221 Å². The van der Waals surface area contributed by atoms with Gasteiger partial charge in [-0.1, -0.05) is 147 Å². The number of hydrogen-bond acceptors (Lipinski definition) is 8. The average molecular weight is 1620 g/mol. The Morgan fingerprint density at radius 2 is 0.573 bits per heavy atom. The minimum Gasteiger partial charge on any atom is -0.437 e. The van der Waals surface area contributed by atoms with Crippen molar-refractivity contribution in [3.63, 3.8) is 0 Å². The first-order valence-electron chi connectivity index (χ1n) is 43.0. The van der Waals surface area contributed by atoms with Crippen LogP contribution < -0.4 is 18.3 Å². The van der Waals surface area contributed by atoms with Crippen molar-refractivity contribution in [3.05, 3.63) is 335 Å². The van der Waals surface area contributed by atoms with Crippen LogP contribution in [0.1, 0.15) is 76.7 Å². The second kappa shape index (κ2) is 29.8. The standard InChI is InChI=1S/C30H27N2O.2C28H23N2O.C26H19N2O/c1-17(2)21-10-8-12-26-22(21)13-14-27(32(26)5)28-19(4)18(3)15-23-24-16-20-9-6-7-11-25(20)31-30(24)33-29(23)28;1-16-13-21-22-15-19-9-5-7-11-23(19)29-28(22)31-27(21)26(18(16)3)25-14-17(2)20-10-6-8-12-24(20)30(25)4;1-16-8-7-11-24-20(16)12-13-25(30(24)4)26-18(3)17(2)14-21-22-15-19-9-5-6-10-23(19)29-28(22)31-27(21)26;1-16-11-13-19-20-15-18-8-3-5-9-21(18)27-26(20)29-25(19)24(16)23-14-12-17-7-4-6-10-22(17)28(23)2/h6-17H,1-5H3;2*5-15H,1-4H3;3-15H,1-2H3/q4*+1/i17D;;;. The van der Waals surface area contributed by atoms with E-state index in [9.17, 15) is 0 Å². The summed E-state index contributed by atoms with van der Waals surface area (Å²) in [6.07, 6.45) is 0. The minimum atomic E-state index is -0.674. The van der Waals surface area contributed by atoms with Crippen LogP contribution in [-0.2, 0) is 28.2 Å². The van der Waals surface area contributed by atoms with Gasteiger partial charge in [0.1, 0.15) is 28.2 Å². The second-order valence-electron chi connectivity index (χ2n) is 33.8. The number of nitrogens with zero attached hydrogens (tertiary/aromatic N) is 8. The van der Waals surface area contributed by atoms with Crippen LogP contribution in [-0.4, -0.2) is 19.9 Å². The summed E-state index contributed by atoms with van der Waals surface area (Å²) in [6.45, 7) is 23.4. The van der Waals surface area contributed by atoms with E-state index in [1.165, 1.54) is 82.8 Å². The molecule has 0 aliphatic heterocycles. The van der Waals surface area contributed by atoms with Crippen LogP contribution >= 0.6 is 0 Å². The predicted molar refractivity (Wildman–Crippen MR) is 509 cm³/mol. The van der Waals surface area contributed by atoms with E-state index in [-0.39, 0.29) is 0 Å². The molecule has 12 heteroatoms. The maximum atomic E-state index is 8.61. The highest BCUT2D eigenvalue weighted by molar-refractivity contribution is 6.16. The molecule has 0 saturated heterocycles. The molecule has 0 unspecified atom stereocenters. The highest BCUT2D eigenvalue weighted by Gasteiger charge is 2.31. The van der Waals surface area contributed by atoms with E-state index in [1.807, 2.05) is 80.6 Å². The Balaban J connectivity index is 0.000000102. The summed E-state index contributed by atoms with van der Waals surface area (Å²) in [7, 11) is 8.49. The van der Waals surface area contributed by atoms with E-state index in [4.69, 9.17) is 39.0 Å². The van der Waals surface area contributed by atoms with Crippen molar-refractivity contribution in [1.82, 2.24) is 19.9 Å². The summed E-state index contributed by atoms with van der Waals surface area (Å²) in [5, 5.41) is 18.0. The van der Waals surface area contributed by atoms with Crippen LogP contribution in [0.4, 0.5) is 0 Å². The number of benzene rings is 12. The third kappa shape index (κ3) is 12.5. The van der Waals surface area contributed by atoms with E-state index < -0.39 is 5.89 Å². The highest BCUT2D eigenvalue weighted by atomic mass is 16.4. The molecule has 0 aliphatic carbocycles. The van der Waals surface area contributed by atoms with E-state index >= 15 is 0 Å². The zero-order valence-corrected chi connectivity index (χ0v) is 72.3. The minimum absolute atomic E-state index is 0.668. The first kappa shape index (κ1) is 75.3. The van der Waals surface area contributed by atoms with E-state index in [2.05, 4.69) is 321 Å². The topological polar surface area (TPSA) is 120 Å². The van der Waals surface area contributed by atoms with Gasteiger partial charge in [-0.05, 0) is 221 Å². The molecule has 12 nitrogen and oxygen atoms in total. The normalized spacial score (nSPS) is 12.1. The number of furan rings is 4. The lowest BCUT2D eigenvalue weighted by Gasteiger charge is -2.12. The van der Waals surface area contributed by atoms with Gasteiger partial charge in [0.05, 0.1) is 44.3 Å². The molecule has 124 heavy (non-hydrogen) atoms. The summed E-state index contributed by atoms with van der Waals surface area (Å²) in [5.41, 5.74) is 36.0. The van der Waals surface area contributed by atoms with Crippen molar-refractivity contribution in [2.45, 2.75) is 82.1 Å². The second-order valence-corrected chi connectivity index (χ2v) is 33.8. The number of hydrogen-bond donors (Lipinski definition) is 0. The van der Waals surface area contributed by atoms with Gasteiger partial charge in [0.2, 0.25) is 67.7 Å². The van der Waals surface area contributed by atoms with Gasteiger partial charge in [-0.3, -0.25) is 0 Å². The molecule has 0 aliphatic rings. The fourth-order valence-electron chi connectivity index (χ4n) is 19.1. The average Bonchev–Trinajstić information content (AvgIpc) is 1.65. The highest BCUT2D eigenvalue weighted by Crippen LogP contribution is 2.45. The lowest BCUT2D eigenvalue weighted by molar-refractivity contribution is -0.633. The monoisotopic (exact) mass is 1610 g/mol. The van der Waals surface area contributed by atoms with Crippen molar-refractivity contribution in [1.29, 1.82) is 0 Å². The SMILES string of the molecule is Cc1cc2c(oc3nc4ccccc4cc32)c(-c2cc(C)c3ccccc3[n+]2C)c1C.Cc1cc2c(oc3nc4ccccc4cc32)c(-c2ccc3c(C)cccc3[n+]2C)c1C.Cc1ccc2c(oc3nc4ccccc4cc32)c1-c1ccc2ccccc2[n+]1C.[2H]C(C)(C)c1cccc2c1ccc(-c1c(C)c(C)cc3c1oc1nc4ccccc4cc13)[n+]2C. The molecule has 12 heterocycles. The van der Waals surface area contributed by atoms with Crippen molar-refractivity contribution in [2.24, 2.45) is 28.2 Å². The fraction of sp³-hybridized carbons (Fsp3) is 0.143. The first-order chi connectivity index (χ1) is 60.5. The Morgan fingerprint density at radius 1 is 0.242 bits per heavy atom. The molecule has 12 aromatic carbocycles. The molecule has 0 spiro atoms. The lowest BCUT2D eigenvalue weighted by Crippen LogP contribution is -2.32. The van der Waals surface area contributed by atoms with E-state index in [0.29, 0.717) is 22.9 Å². The molecule has 12 aromatic heterocycles. The quantitative estimate of drug-likeness (QED) is 0.156. The van der Waals surface area contributed by atoms with Gasteiger partial charge < -0.3 is 17.7 Å². The van der Waals surface area contributed by atoms with Gasteiger partial charge in [-0.2, -0.15) is 18.3 Å². The van der Waals surface area contributed by atoms with E-state index in [0.717, 1.165) is 171 Å². The smallest absolute Gasteiger partial charge is 0.227 e. The zero-order valence-electron chi connectivity index (χ0n) is 73.3. The summed E-state index contributed by atoms with van der Waals surface area (Å²) in [6, 6.07) is 97.6. The molecule has 0 amide bonds. The molecule has 24 rings (SSSR count). The molecule has 0 saturated carbocycles. The third-order valence-electron chi connectivity index (χ3n) is 26.2. The molecule has 0 radical (unpaired) electrons. The van der Waals surface area contributed by atoms with Crippen LogP contribution in [0.3, 0.4) is 0 Å². The number of pyridine rings is 8. The molecule has 0 N–H and O–H groups in total. The number of fused-ring (bicyclic) bond motifs is 20. The summed E-state index contributed by atoms with van der Waals surface area (Å²) in [5.74, 6) is -0.674. The van der Waals surface area contributed by atoms with Crippen LogP contribution in [0.5, 0.6) is 0 Å². The zero-order chi connectivity index (χ0) is 85.9. The van der Waals surface area contributed by atoms with Gasteiger partial charge in [0, 0.05) is 136 Å². The van der Waals surface area contributed by atoms with Crippen molar-refractivity contribution < 1.29 is 37.3 Å². The van der Waals surface area contributed by atoms with Gasteiger partial charge in [0.15, 0.2) is 22.3 Å². The molecular weight excluding hydrogens is 1520 g/mol. The van der Waals surface area contributed by atoms with Gasteiger partial charge >= 0.3 is 0 Å². The molecular formula is C112H92N8O4+4. The molecule has 0 atom stereocenters. The maximum Gasteiger partial charge on any atom is 0.227 e. The number of aromatic nitrogens is 8. The maximum absolute atomic E-state index is 8.61. The van der Waals surface area contributed by atoms with Crippen LogP contribution in [0, 0.1) is 62.3 Å². The van der Waals surface area contributed by atoms with Crippen LogP contribution in [0.2, 0.25) is 0 Å². The Hall–Kier alpha value is -14.9. The lowest BCUT2D eigenvalue weighted by atomic mass is 9.94. The first-order valence-corrected chi connectivity index (χ1v) is 42.5. The van der Waals surface area contributed by atoms with Gasteiger partial charge in [-0.25, -0.2) is 19.9 Å². The van der Waals surface area contributed by atoms with Crippen molar-refractivity contribution >= 4 is 175 Å². The number of aryl methyl sites for hydroxylation is 10. The van der Waals surface area contributed by atoms with Crippen LogP contribution in [0.15, 0.2) is 297 Å². The Labute approximate surface area is 718 Å². The Morgan fingerprint density at radius 3 is 1.04 bits per heavy atom. The molecule has 0 bridgehead atoms. The van der Waals surface area contributed by atoms with Gasteiger partial charge in [0.25, 0.3) is 0 Å². The van der Waals surface area contributed by atoms with Crippen molar-refractivity contribution in [3.8, 4) is 45.0 Å². The summed E-state index contributed by atoms with van der Waals surface area (Å²) >= 11 is 0. The van der Waals surface area contributed by atoms with E-state index in [1.54, 1.807) is 0 Å². The summed E-state index contributed by atoms with van der Waals surface area (Å²) in [4.78, 5) is 19.2. The molecule has 600 valence electrons. The Bertz CT molecular complexity index is 8700. The fourth-order valence-corrected chi connectivity index (χ4v) is 19.1. The largest absolute Gasteiger partial charge is 0.437 e. The van der Waals surface area contributed by atoms with Gasteiger partial charge in [-0.15, -0.1) is 0 Å². The Kier molecular flexibility index (Phi) is 18.1. The third-order valence-corrected chi connectivity index (χ3v) is 26.2. The van der Waals surface area contributed by atoms with Crippen molar-refractivity contribution in [2.75, 3.05) is 0 Å². The molecule has 0 fully saturated rings.